The van der Waals surface area contributed by atoms with Crippen molar-refractivity contribution in [3.63, 3.8) is 0 Å². The van der Waals surface area contributed by atoms with Crippen LogP contribution < -0.4 is 10.1 Å². The summed E-state index contributed by atoms with van der Waals surface area (Å²) in [7, 11) is 1.30. The number of nitrogens with zero attached hydrogens (tertiary/aromatic N) is 3. The van der Waals surface area contributed by atoms with Crippen LogP contribution in [-0.2, 0) is 13.2 Å². The molecule has 0 saturated carbocycles. The fourth-order valence-corrected chi connectivity index (χ4v) is 1.79. The summed E-state index contributed by atoms with van der Waals surface area (Å²) >= 11 is 5.79. The average molecular weight is 351 g/mol. The quantitative estimate of drug-likeness (QED) is 0.837. The third kappa shape index (κ3) is 4.35. The highest BCUT2D eigenvalue weighted by atomic mass is 35.5. The van der Waals surface area contributed by atoms with Gasteiger partial charge in [-0.3, -0.25) is 0 Å². The van der Waals surface area contributed by atoms with E-state index < -0.39 is 17.8 Å². The van der Waals surface area contributed by atoms with Gasteiger partial charge in [0.05, 0.1) is 5.02 Å². The van der Waals surface area contributed by atoms with E-state index in [4.69, 9.17) is 16.3 Å². The highest BCUT2D eigenvalue weighted by Crippen LogP contribution is 2.27. The van der Waals surface area contributed by atoms with Crippen molar-refractivity contribution in [1.82, 2.24) is 14.8 Å². The van der Waals surface area contributed by atoms with Gasteiger partial charge in [-0.1, -0.05) is 18.2 Å². The van der Waals surface area contributed by atoms with E-state index in [1.54, 1.807) is 0 Å². The third-order valence-corrected chi connectivity index (χ3v) is 2.90. The Balaban J connectivity index is 1.99. The van der Waals surface area contributed by atoms with Crippen LogP contribution in [0.4, 0.5) is 23.5 Å². The second-order valence-corrected chi connectivity index (χ2v) is 4.88. The molecule has 23 heavy (non-hydrogen) atoms. The smallest absolute Gasteiger partial charge is 0.453 e. The summed E-state index contributed by atoms with van der Waals surface area (Å²) in [6, 6.07) is 3.57. The van der Waals surface area contributed by atoms with Crippen molar-refractivity contribution in [2.75, 3.05) is 11.9 Å². The van der Waals surface area contributed by atoms with Crippen molar-refractivity contribution in [2.24, 2.45) is 7.05 Å². The number of aromatic nitrogens is 3. The number of ether oxygens (including phenoxy) is 1. The Bertz CT molecular complexity index is 729. The predicted octanol–water partition coefficient (Wildman–Crippen LogP) is 3.63. The van der Waals surface area contributed by atoms with Crippen molar-refractivity contribution in [2.45, 2.75) is 6.18 Å². The van der Waals surface area contributed by atoms with Gasteiger partial charge in [-0.05, 0) is 18.2 Å². The molecule has 1 heterocycles. The first-order chi connectivity index (χ1) is 10.7. The van der Waals surface area contributed by atoms with Gasteiger partial charge in [-0.25, -0.2) is 9.07 Å². The van der Waals surface area contributed by atoms with Crippen LogP contribution in [0.2, 0.25) is 5.02 Å². The predicted molar refractivity (Wildman–Crippen MR) is 75.7 cm³/mol. The van der Waals surface area contributed by atoms with Gasteiger partial charge in [0.15, 0.2) is 0 Å². The standard InChI is InChI=1S/C13H11ClF4N4O/c1-7(6-23-10-4-3-8(15)5-9(10)14)19-12-20-11(13(16,17)18)21-22(12)2/h3-5H,1,6H2,2H3,(H,19,20,21). The van der Waals surface area contributed by atoms with E-state index in [0.29, 0.717) is 0 Å². The van der Waals surface area contributed by atoms with Gasteiger partial charge < -0.3 is 10.1 Å². The molecule has 0 bridgehead atoms. The molecular formula is C13H11ClF4N4O. The number of nitrogens with one attached hydrogen (secondary N) is 1. The van der Waals surface area contributed by atoms with E-state index in [1.807, 2.05) is 0 Å². The van der Waals surface area contributed by atoms with Crippen molar-refractivity contribution < 1.29 is 22.3 Å². The average Bonchev–Trinajstić information content (AvgIpc) is 2.79. The lowest BCUT2D eigenvalue weighted by Crippen LogP contribution is -2.11. The Hall–Kier alpha value is -2.29. The number of hydrogen-bond acceptors (Lipinski definition) is 4. The van der Waals surface area contributed by atoms with Crippen molar-refractivity contribution in [3.8, 4) is 5.75 Å². The first-order valence-corrected chi connectivity index (χ1v) is 6.55. The van der Waals surface area contributed by atoms with Gasteiger partial charge >= 0.3 is 6.18 Å². The van der Waals surface area contributed by atoms with Gasteiger partial charge in [-0.15, -0.1) is 5.10 Å². The highest BCUT2D eigenvalue weighted by Gasteiger charge is 2.36. The van der Waals surface area contributed by atoms with Crippen LogP contribution in [0.3, 0.4) is 0 Å². The van der Waals surface area contributed by atoms with E-state index in [-0.39, 0.29) is 29.0 Å². The van der Waals surface area contributed by atoms with E-state index in [1.165, 1.54) is 13.1 Å². The molecule has 1 aromatic carbocycles. The van der Waals surface area contributed by atoms with Crippen LogP contribution in [0.25, 0.3) is 0 Å². The van der Waals surface area contributed by atoms with E-state index in [2.05, 4.69) is 22.0 Å². The summed E-state index contributed by atoms with van der Waals surface area (Å²) in [4.78, 5) is 3.33. The number of benzene rings is 1. The number of halogens is 5. The Morgan fingerprint density at radius 2 is 2.13 bits per heavy atom. The second-order valence-electron chi connectivity index (χ2n) is 4.47. The molecule has 0 radical (unpaired) electrons. The van der Waals surface area contributed by atoms with Gasteiger partial charge in [0.25, 0.3) is 5.82 Å². The van der Waals surface area contributed by atoms with E-state index >= 15 is 0 Å². The molecule has 0 aliphatic heterocycles. The molecule has 5 nitrogen and oxygen atoms in total. The largest absolute Gasteiger partial charge is 0.486 e. The van der Waals surface area contributed by atoms with E-state index in [0.717, 1.165) is 16.8 Å². The zero-order valence-electron chi connectivity index (χ0n) is 11.8. The van der Waals surface area contributed by atoms with Gasteiger partial charge in [0.2, 0.25) is 5.95 Å². The summed E-state index contributed by atoms with van der Waals surface area (Å²) in [5, 5.41) is 5.87. The maximum Gasteiger partial charge on any atom is 0.453 e. The number of aryl methyl sites for hydroxylation is 1. The minimum absolute atomic E-state index is 0.0656. The lowest BCUT2D eigenvalue weighted by Gasteiger charge is -2.11. The summed E-state index contributed by atoms with van der Waals surface area (Å²) in [6.45, 7) is 3.50. The topological polar surface area (TPSA) is 52.0 Å². The SMILES string of the molecule is C=C(COc1ccc(F)cc1Cl)Nc1nc(C(F)(F)F)nn1C. The summed E-state index contributed by atoms with van der Waals surface area (Å²) in [5.41, 5.74) is 0.217. The van der Waals surface area contributed by atoms with Gasteiger partial charge in [0, 0.05) is 12.7 Å². The Morgan fingerprint density at radius 1 is 1.43 bits per heavy atom. The monoisotopic (exact) mass is 350 g/mol. The van der Waals surface area contributed by atoms with Gasteiger partial charge in [-0.2, -0.15) is 18.2 Å². The van der Waals surface area contributed by atoms with Crippen molar-refractivity contribution in [3.05, 3.63) is 47.1 Å². The van der Waals surface area contributed by atoms with Crippen LogP contribution in [0.5, 0.6) is 5.75 Å². The molecule has 10 heteroatoms. The molecule has 0 saturated heterocycles. The molecule has 0 fully saturated rings. The number of hydrogen-bond donors (Lipinski definition) is 1. The zero-order valence-corrected chi connectivity index (χ0v) is 12.5. The van der Waals surface area contributed by atoms with Crippen LogP contribution in [0.1, 0.15) is 5.82 Å². The minimum atomic E-state index is -4.64. The Morgan fingerprint density at radius 3 is 2.70 bits per heavy atom. The third-order valence-electron chi connectivity index (χ3n) is 2.60. The molecule has 0 amide bonds. The molecule has 1 aromatic heterocycles. The zero-order chi connectivity index (χ0) is 17.2. The number of anilines is 1. The lowest BCUT2D eigenvalue weighted by molar-refractivity contribution is -0.144. The second kappa shape index (κ2) is 6.45. The summed E-state index contributed by atoms with van der Waals surface area (Å²) < 4.78 is 56.6. The van der Waals surface area contributed by atoms with Crippen LogP contribution >= 0.6 is 11.6 Å². The molecule has 0 unspecified atom stereocenters. The number of alkyl halides is 3. The van der Waals surface area contributed by atoms with Crippen LogP contribution in [0.15, 0.2) is 30.5 Å². The Labute approximate surface area is 133 Å². The maximum atomic E-state index is 12.9. The summed E-state index contributed by atoms with van der Waals surface area (Å²) in [6.07, 6.45) is -4.64. The molecule has 0 aliphatic rings. The van der Waals surface area contributed by atoms with Crippen molar-refractivity contribution >= 4 is 17.5 Å². The van der Waals surface area contributed by atoms with E-state index in [9.17, 15) is 17.6 Å². The Kier molecular flexibility index (Phi) is 4.79. The molecule has 2 rings (SSSR count). The molecule has 0 atom stereocenters. The summed E-state index contributed by atoms with van der Waals surface area (Å²) in [5.74, 6) is -1.71. The first-order valence-electron chi connectivity index (χ1n) is 6.17. The fourth-order valence-electron chi connectivity index (χ4n) is 1.56. The first kappa shape index (κ1) is 17.1. The fraction of sp³-hybridized carbons (Fsp3) is 0.231. The van der Waals surface area contributed by atoms with Crippen LogP contribution in [-0.4, -0.2) is 21.4 Å². The highest BCUT2D eigenvalue weighted by molar-refractivity contribution is 6.32. The minimum Gasteiger partial charge on any atom is -0.486 e. The molecule has 1 N–H and O–H groups in total. The molecule has 2 aromatic rings. The maximum absolute atomic E-state index is 12.9. The normalized spacial score (nSPS) is 11.4. The van der Waals surface area contributed by atoms with Crippen molar-refractivity contribution in [1.29, 1.82) is 0 Å². The molecule has 0 spiro atoms. The molecular weight excluding hydrogens is 340 g/mol. The van der Waals surface area contributed by atoms with Gasteiger partial charge in [0.1, 0.15) is 18.2 Å². The van der Waals surface area contributed by atoms with Crippen LogP contribution in [0, 0.1) is 5.82 Å². The molecule has 124 valence electrons. The number of rotatable bonds is 5. The lowest BCUT2D eigenvalue weighted by atomic mass is 10.3. The molecule has 0 aliphatic carbocycles.